The molecule has 1 N–H and O–H groups in total. The molecule has 1 unspecified atom stereocenters. The lowest BCUT2D eigenvalue weighted by atomic mass is 10.0. The van der Waals surface area contributed by atoms with E-state index in [1.54, 1.807) is 31.4 Å². The highest BCUT2D eigenvalue weighted by Gasteiger charge is 2.13. The largest absolute Gasteiger partial charge is 0.495 e. The molecule has 1 atom stereocenters. The fourth-order valence-electron chi connectivity index (χ4n) is 1.48. The Balaban J connectivity index is 2.31. The van der Waals surface area contributed by atoms with Gasteiger partial charge in [-0.05, 0) is 23.8 Å². The maximum Gasteiger partial charge on any atom is 0.137 e. The highest BCUT2D eigenvalue weighted by atomic mass is 35.5. The maximum atomic E-state index is 10.0. The lowest BCUT2D eigenvalue weighted by Gasteiger charge is -2.10. The third-order valence-corrected chi connectivity index (χ3v) is 2.65. The highest BCUT2D eigenvalue weighted by Crippen LogP contribution is 2.30. The van der Waals surface area contributed by atoms with Crippen LogP contribution in [0.5, 0.6) is 5.75 Å². The summed E-state index contributed by atoms with van der Waals surface area (Å²) in [5.41, 5.74) is 1.40. The van der Waals surface area contributed by atoms with Gasteiger partial charge in [0.25, 0.3) is 0 Å². The molecule has 4 heteroatoms. The fraction of sp³-hybridized carbons (Fsp3) is 0.167. The van der Waals surface area contributed by atoms with E-state index in [-0.39, 0.29) is 0 Å². The number of halogens is 1. The number of aliphatic hydroxyl groups is 1. The minimum absolute atomic E-state index is 0.475. The van der Waals surface area contributed by atoms with E-state index >= 15 is 0 Å². The molecule has 0 spiro atoms. The van der Waals surface area contributed by atoms with Crippen LogP contribution >= 0.6 is 11.6 Å². The molecule has 1 aromatic heterocycles. The van der Waals surface area contributed by atoms with Crippen molar-refractivity contribution in [3.8, 4) is 5.75 Å². The first-order valence-corrected chi connectivity index (χ1v) is 5.13. The second-order valence-corrected chi connectivity index (χ2v) is 3.76. The topological polar surface area (TPSA) is 42.6 Å². The van der Waals surface area contributed by atoms with Crippen molar-refractivity contribution in [2.45, 2.75) is 6.10 Å². The van der Waals surface area contributed by atoms with Gasteiger partial charge in [0.2, 0.25) is 0 Å². The van der Waals surface area contributed by atoms with Crippen LogP contribution in [0.3, 0.4) is 0 Å². The van der Waals surface area contributed by atoms with E-state index in [1.165, 1.54) is 12.5 Å². The predicted molar refractivity (Wildman–Crippen MR) is 60.8 cm³/mol. The number of hydrogen-bond donors (Lipinski definition) is 1. The number of methoxy groups -OCH3 is 1. The lowest BCUT2D eigenvalue weighted by Crippen LogP contribution is -1.98. The second-order valence-electron chi connectivity index (χ2n) is 3.35. The molecule has 84 valence electrons. The number of aliphatic hydroxyl groups excluding tert-OH is 1. The van der Waals surface area contributed by atoms with Gasteiger partial charge in [-0.1, -0.05) is 17.7 Å². The summed E-state index contributed by atoms with van der Waals surface area (Å²) in [6.07, 6.45) is 2.29. The molecule has 1 aromatic carbocycles. The van der Waals surface area contributed by atoms with Gasteiger partial charge in [-0.15, -0.1) is 0 Å². The van der Waals surface area contributed by atoms with Gasteiger partial charge in [0.15, 0.2) is 0 Å². The van der Waals surface area contributed by atoms with Crippen LogP contribution < -0.4 is 4.74 Å². The van der Waals surface area contributed by atoms with Crippen molar-refractivity contribution in [2.75, 3.05) is 7.11 Å². The Morgan fingerprint density at radius 1 is 1.31 bits per heavy atom. The van der Waals surface area contributed by atoms with Gasteiger partial charge in [-0.2, -0.15) is 0 Å². The first-order valence-electron chi connectivity index (χ1n) is 4.76. The second kappa shape index (κ2) is 4.60. The van der Waals surface area contributed by atoms with Crippen molar-refractivity contribution in [3.63, 3.8) is 0 Å². The minimum atomic E-state index is -0.734. The monoisotopic (exact) mass is 238 g/mol. The van der Waals surface area contributed by atoms with Crippen molar-refractivity contribution >= 4 is 11.6 Å². The lowest BCUT2D eigenvalue weighted by molar-refractivity contribution is 0.219. The number of furan rings is 1. The Morgan fingerprint density at radius 3 is 2.69 bits per heavy atom. The van der Waals surface area contributed by atoms with E-state index in [2.05, 4.69) is 0 Å². The van der Waals surface area contributed by atoms with Crippen LogP contribution in [0, 0.1) is 0 Å². The number of ether oxygens (including phenoxy) is 1. The zero-order valence-electron chi connectivity index (χ0n) is 8.68. The Labute approximate surface area is 98.2 Å². The average Bonchev–Trinajstić information content (AvgIpc) is 2.81. The van der Waals surface area contributed by atoms with Gasteiger partial charge in [-0.25, -0.2) is 0 Å². The van der Waals surface area contributed by atoms with E-state index in [0.717, 1.165) is 0 Å². The summed E-state index contributed by atoms with van der Waals surface area (Å²) in [7, 11) is 1.55. The van der Waals surface area contributed by atoms with Gasteiger partial charge in [-0.3, -0.25) is 0 Å². The van der Waals surface area contributed by atoms with Crippen LogP contribution in [0.15, 0.2) is 41.2 Å². The molecule has 0 saturated heterocycles. The van der Waals surface area contributed by atoms with Gasteiger partial charge >= 0.3 is 0 Å². The summed E-state index contributed by atoms with van der Waals surface area (Å²) in [5, 5.41) is 10.5. The van der Waals surface area contributed by atoms with Gasteiger partial charge in [0.05, 0.1) is 24.7 Å². The van der Waals surface area contributed by atoms with E-state index < -0.39 is 6.10 Å². The van der Waals surface area contributed by atoms with Gasteiger partial charge in [0.1, 0.15) is 11.9 Å². The third kappa shape index (κ3) is 2.05. The quantitative estimate of drug-likeness (QED) is 0.894. The normalized spacial score (nSPS) is 12.4. The fourth-order valence-corrected chi connectivity index (χ4v) is 1.74. The Kier molecular flexibility index (Phi) is 3.17. The molecule has 0 bridgehead atoms. The first kappa shape index (κ1) is 11.0. The predicted octanol–water partition coefficient (Wildman–Crippen LogP) is 3.02. The summed E-state index contributed by atoms with van der Waals surface area (Å²) in [5.74, 6) is 0.588. The standard InChI is InChI=1S/C12H11ClO3/c1-15-11-3-2-8(6-10(11)13)12(14)9-4-5-16-7-9/h2-7,12,14H,1H3. The van der Waals surface area contributed by atoms with Crippen molar-refractivity contribution in [3.05, 3.63) is 52.9 Å². The van der Waals surface area contributed by atoms with Crippen LogP contribution in [0.4, 0.5) is 0 Å². The van der Waals surface area contributed by atoms with Crippen LogP contribution in [0.25, 0.3) is 0 Å². The Hall–Kier alpha value is -1.45. The molecule has 0 radical (unpaired) electrons. The van der Waals surface area contributed by atoms with Crippen molar-refractivity contribution in [1.29, 1.82) is 0 Å². The molecule has 0 amide bonds. The molecule has 1 heterocycles. The Morgan fingerprint density at radius 2 is 2.12 bits per heavy atom. The molecule has 3 nitrogen and oxygen atoms in total. The molecule has 16 heavy (non-hydrogen) atoms. The molecular weight excluding hydrogens is 228 g/mol. The zero-order valence-corrected chi connectivity index (χ0v) is 9.44. The Bertz CT molecular complexity index is 465. The molecule has 0 saturated carbocycles. The molecule has 2 aromatic rings. The molecule has 0 aliphatic rings. The van der Waals surface area contributed by atoms with Crippen molar-refractivity contribution < 1.29 is 14.3 Å². The summed E-state index contributed by atoms with van der Waals surface area (Å²) in [4.78, 5) is 0. The SMILES string of the molecule is COc1ccc(C(O)c2ccoc2)cc1Cl. The summed E-state index contributed by atoms with van der Waals surface area (Å²) >= 11 is 5.98. The van der Waals surface area contributed by atoms with E-state index in [9.17, 15) is 5.11 Å². The average molecular weight is 239 g/mol. The third-order valence-electron chi connectivity index (χ3n) is 2.35. The highest BCUT2D eigenvalue weighted by molar-refractivity contribution is 6.32. The number of benzene rings is 1. The summed E-state index contributed by atoms with van der Waals surface area (Å²) in [6, 6.07) is 6.88. The maximum absolute atomic E-state index is 10.0. The molecular formula is C12H11ClO3. The molecule has 0 fully saturated rings. The molecule has 2 rings (SSSR count). The molecule has 0 aliphatic carbocycles. The van der Waals surface area contributed by atoms with E-state index in [4.69, 9.17) is 20.8 Å². The van der Waals surface area contributed by atoms with Crippen LogP contribution in [-0.4, -0.2) is 12.2 Å². The van der Waals surface area contributed by atoms with E-state index in [0.29, 0.717) is 21.9 Å². The number of rotatable bonds is 3. The van der Waals surface area contributed by atoms with Crippen molar-refractivity contribution in [2.24, 2.45) is 0 Å². The summed E-state index contributed by atoms with van der Waals surface area (Å²) in [6.45, 7) is 0. The van der Waals surface area contributed by atoms with Gasteiger partial charge < -0.3 is 14.3 Å². The van der Waals surface area contributed by atoms with Crippen molar-refractivity contribution in [1.82, 2.24) is 0 Å². The summed E-state index contributed by atoms with van der Waals surface area (Å²) < 4.78 is 9.95. The smallest absolute Gasteiger partial charge is 0.137 e. The van der Waals surface area contributed by atoms with Crippen LogP contribution in [0.1, 0.15) is 17.2 Å². The van der Waals surface area contributed by atoms with Crippen LogP contribution in [0.2, 0.25) is 5.02 Å². The number of hydrogen-bond acceptors (Lipinski definition) is 3. The first-order chi connectivity index (χ1) is 7.72. The van der Waals surface area contributed by atoms with E-state index in [1.807, 2.05) is 0 Å². The van der Waals surface area contributed by atoms with Gasteiger partial charge in [0, 0.05) is 5.56 Å². The zero-order chi connectivity index (χ0) is 11.5. The minimum Gasteiger partial charge on any atom is -0.495 e. The van der Waals surface area contributed by atoms with Crippen LogP contribution in [-0.2, 0) is 0 Å². The molecule has 0 aliphatic heterocycles.